The maximum atomic E-state index is 12.8. The molecule has 0 aliphatic carbocycles. The third-order valence-electron chi connectivity index (χ3n) is 11.8. The minimum Gasteiger partial charge on any atom is -0.466 e. The number of nitrogens with zero attached hydrogens (tertiary/aromatic N) is 6. The maximum Gasteiger partial charge on any atom is 0.410 e. The quantitative estimate of drug-likeness (QED) is 0.0594. The Morgan fingerprint density at radius 1 is 0.725 bits per heavy atom. The normalized spacial score (nSPS) is 25.4. The number of carbonyl (C=O) groups is 6. The lowest BCUT2D eigenvalue weighted by Crippen LogP contribution is -2.57. The third-order valence-corrected chi connectivity index (χ3v) is 12.4. The van der Waals surface area contributed by atoms with Crippen LogP contribution in [-0.2, 0) is 52.3 Å². The van der Waals surface area contributed by atoms with Crippen LogP contribution in [0.4, 0.5) is 19.2 Å². The number of piperazine rings is 1. The van der Waals surface area contributed by atoms with Gasteiger partial charge in [0.2, 0.25) is 0 Å². The van der Waals surface area contributed by atoms with Crippen molar-refractivity contribution in [2.75, 3.05) is 85.0 Å². The minimum absolute atomic E-state index is 0.0597. The highest BCUT2D eigenvalue weighted by atomic mass is 32.2. The molecule has 7 atom stereocenters. The van der Waals surface area contributed by atoms with Gasteiger partial charge < -0.3 is 49.7 Å². The summed E-state index contributed by atoms with van der Waals surface area (Å²) in [5, 5.41) is 15.9. The summed E-state index contributed by atoms with van der Waals surface area (Å²) in [6.07, 6.45) is -0.675. The SMILES string of the molecule is CC(C)(C)OC(=O)N1CCC(N2CC(COS(C)(=O)=O)OC2=O)CC1C(=N)N.CCOC(=O)CC(C(=O)OCC)N1CCN(CC2CN(C3CCN(C(=O)OC(C)(C)C)C(C(=N)N)C3)C(=O)O2)CC1. The van der Waals surface area contributed by atoms with Crippen molar-refractivity contribution in [1.82, 2.24) is 29.4 Å². The summed E-state index contributed by atoms with van der Waals surface area (Å²) >= 11 is 0. The fourth-order valence-electron chi connectivity index (χ4n) is 8.71. The van der Waals surface area contributed by atoms with Crippen LogP contribution in [-0.4, -0.2) is 224 Å². The molecule has 0 radical (unpaired) electrons. The fraction of sp³-hybridized carbons (Fsp3) is 0.814. The van der Waals surface area contributed by atoms with Gasteiger partial charge in [0.05, 0.1) is 51.1 Å². The zero-order valence-corrected chi connectivity index (χ0v) is 42.2. The average molecular weight is 1000 g/mol. The van der Waals surface area contributed by atoms with Gasteiger partial charge in [-0.3, -0.25) is 44.2 Å². The highest BCUT2D eigenvalue weighted by Gasteiger charge is 2.45. The summed E-state index contributed by atoms with van der Waals surface area (Å²) in [5.74, 6) is -1.21. The number of nitrogens with two attached hydrogens (primary N) is 2. The van der Waals surface area contributed by atoms with Crippen molar-refractivity contribution >= 4 is 58.1 Å². The zero-order valence-electron chi connectivity index (χ0n) is 41.4. The van der Waals surface area contributed by atoms with Crippen LogP contribution in [0.15, 0.2) is 0 Å². The lowest BCUT2D eigenvalue weighted by atomic mass is 9.95. The van der Waals surface area contributed by atoms with E-state index < -0.39 is 81.9 Å². The van der Waals surface area contributed by atoms with E-state index in [9.17, 15) is 37.2 Å². The second-order valence-electron chi connectivity index (χ2n) is 19.6. The van der Waals surface area contributed by atoms with Crippen molar-refractivity contribution in [3.63, 3.8) is 0 Å². The lowest BCUT2D eigenvalue weighted by molar-refractivity contribution is -0.157. The Bertz CT molecular complexity index is 1970. The highest BCUT2D eigenvalue weighted by molar-refractivity contribution is 7.85. The predicted molar refractivity (Wildman–Crippen MR) is 248 cm³/mol. The van der Waals surface area contributed by atoms with Crippen LogP contribution in [0.3, 0.4) is 0 Å². The summed E-state index contributed by atoms with van der Waals surface area (Å²) in [5.41, 5.74) is 10.2. The molecule has 0 aromatic rings. The number of hydrogen-bond donors (Lipinski definition) is 4. The van der Waals surface area contributed by atoms with E-state index in [1.807, 2.05) is 4.90 Å². The number of ether oxygens (including phenoxy) is 6. The highest BCUT2D eigenvalue weighted by Crippen LogP contribution is 2.30. The summed E-state index contributed by atoms with van der Waals surface area (Å²) < 4.78 is 58.9. The van der Waals surface area contributed by atoms with Gasteiger partial charge in [0, 0.05) is 57.9 Å². The van der Waals surface area contributed by atoms with Crippen LogP contribution >= 0.6 is 0 Å². The van der Waals surface area contributed by atoms with Gasteiger partial charge in [0.15, 0.2) is 0 Å². The number of hydrogen-bond acceptors (Lipinski definition) is 19. The van der Waals surface area contributed by atoms with Crippen LogP contribution in [0.25, 0.3) is 0 Å². The van der Waals surface area contributed by atoms with Crippen molar-refractivity contribution in [1.29, 1.82) is 10.8 Å². The average Bonchev–Trinajstić information content (AvgIpc) is 3.81. The van der Waals surface area contributed by atoms with E-state index in [4.69, 9.17) is 54.9 Å². The van der Waals surface area contributed by atoms with E-state index in [1.165, 1.54) is 14.7 Å². The van der Waals surface area contributed by atoms with Crippen molar-refractivity contribution < 1.29 is 69.8 Å². The molecule has 0 aromatic heterocycles. The molecule has 7 unspecified atom stereocenters. The second-order valence-corrected chi connectivity index (χ2v) is 21.2. The second kappa shape index (κ2) is 24.1. The van der Waals surface area contributed by atoms with Crippen LogP contribution in [0.2, 0.25) is 0 Å². The fourth-order valence-corrected chi connectivity index (χ4v) is 9.11. The molecular formula is C43H74N10O15S. The van der Waals surface area contributed by atoms with Crippen LogP contribution in [0, 0.1) is 10.8 Å². The van der Waals surface area contributed by atoms with E-state index >= 15 is 0 Å². The predicted octanol–water partition coefficient (Wildman–Crippen LogP) is 1.50. The number of amidine groups is 2. The van der Waals surface area contributed by atoms with Crippen LogP contribution in [0.1, 0.15) is 87.5 Å². The van der Waals surface area contributed by atoms with E-state index in [-0.39, 0.29) is 75.6 Å². The molecule has 0 bridgehead atoms. The Hall–Kier alpha value is -5.21. The Morgan fingerprint density at radius 2 is 1.17 bits per heavy atom. The number of piperidine rings is 2. The van der Waals surface area contributed by atoms with E-state index in [0.29, 0.717) is 65.1 Å². The number of nitrogens with one attached hydrogen (secondary N) is 2. The van der Waals surface area contributed by atoms with Gasteiger partial charge in [0.1, 0.15) is 47.7 Å². The molecule has 392 valence electrons. The van der Waals surface area contributed by atoms with Crippen LogP contribution < -0.4 is 11.5 Å². The number of cyclic esters (lactones) is 2. The van der Waals surface area contributed by atoms with Gasteiger partial charge in [-0.05, 0) is 81.1 Å². The summed E-state index contributed by atoms with van der Waals surface area (Å²) in [4.78, 5) is 84.9. The minimum atomic E-state index is -3.64. The molecule has 0 aromatic carbocycles. The number of carbonyl (C=O) groups excluding carboxylic acids is 6. The number of rotatable bonds is 15. The molecule has 5 aliphatic rings. The molecule has 25 nitrogen and oxygen atoms in total. The Labute approximate surface area is 404 Å². The smallest absolute Gasteiger partial charge is 0.410 e. The van der Waals surface area contributed by atoms with E-state index in [0.717, 1.165) is 6.26 Å². The molecule has 0 saturated carbocycles. The van der Waals surface area contributed by atoms with Crippen molar-refractivity contribution in [3.05, 3.63) is 0 Å². The molecule has 26 heteroatoms. The first kappa shape index (κ1) is 56.4. The van der Waals surface area contributed by atoms with E-state index in [1.54, 1.807) is 60.3 Å². The summed E-state index contributed by atoms with van der Waals surface area (Å²) in [6.45, 7) is 18.3. The molecule has 69 heavy (non-hydrogen) atoms. The van der Waals surface area contributed by atoms with Crippen molar-refractivity contribution in [2.45, 2.75) is 141 Å². The molecule has 0 spiro atoms. The van der Waals surface area contributed by atoms with Gasteiger partial charge in [0.25, 0.3) is 10.1 Å². The monoisotopic (exact) mass is 1000 g/mol. The van der Waals surface area contributed by atoms with Gasteiger partial charge in [-0.1, -0.05) is 0 Å². The molecule has 5 saturated heterocycles. The first-order valence-electron chi connectivity index (χ1n) is 23.3. The lowest BCUT2D eigenvalue weighted by Gasteiger charge is -2.41. The first-order valence-corrected chi connectivity index (χ1v) is 25.2. The van der Waals surface area contributed by atoms with Gasteiger partial charge >= 0.3 is 36.3 Å². The molecular weight excluding hydrogens is 929 g/mol. The Morgan fingerprint density at radius 3 is 1.59 bits per heavy atom. The molecule has 5 heterocycles. The number of amides is 4. The number of likely N-dealkylation sites (tertiary alicyclic amines) is 2. The number of esters is 2. The van der Waals surface area contributed by atoms with E-state index in [2.05, 4.69) is 4.90 Å². The van der Waals surface area contributed by atoms with Gasteiger partial charge in [-0.25, -0.2) is 19.2 Å². The Balaban J connectivity index is 0.000000323. The zero-order chi connectivity index (χ0) is 51.6. The Kier molecular flexibility index (Phi) is 19.7. The van der Waals surface area contributed by atoms with Gasteiger partial charge in [-0.15, -0.1) is 0 Å². The summed E-state index contributed by atoms with van der Waals surface area (Å²) in [6, 6.07) is -2.58. The van der Waals surface area contributed by atoms with Crippen molar-refractivity contribution in [2.24, 2.45) is 11.5 Å². The molecule has 5 aliphatic heterocycles. The largest absolute Gasteiger partial charge is 0.466 e. The summed E-state index contributed by atoms with van der Waals surface area (Å²) in [7, 11) is -3.64. The molecule has 4 amide bonds. The molecule has 5 rings (SSSR count). The standard InChI is InChI=1S/C27H46N6O8.C16H28N4O7S/c1-6-38-22(34)15-21(24(35)39-7-2)31-12-10-30(11-13-31)16-19-17-33(25(36)40-19)18-8-9-32(20(14-18)23(28)29)26(37)41-27(3,4)5;1-16(2,3)27-15(22)19-6-5-10(7-12(19)13(17)18)20-8-11(26-14(20)21)9-25-28(4,23)24/h18-21H,6-17H2,1-5H3,(H3,28,29);10-12H,5-9H2,1-4H3,(H3,17,18). The third kappa shape index (κ3) is 17.0. The maximum absolute atomic E-state index is 12.8. The molecule has 6 N–H and O–H groups in total. The van der Waals surface area contributed by atoms with Crippen molar-refractivity contribution in [3.8, 4) is 0 Å². The molecule has 5 fully saturated rings. The van der Waals surface area contributed by atoms with Crippen LogP contribution in [0.5, 0.6) is 0 Å². The first-order chi connectivity index (χ1) is 32.1. The topological polar surface area (TPSA) is 320 Å². The van der Waals surface area contributed by atoms with Gasteiger partial charge in [-0.2, -0.15) is 8.42 Å².